The molecule has 6 heteroatoms. The molecule has 0 saturated heterocycles. The molecule has 3 aromatic rings. The molecule has 1 heterocycles. The molecule has 0 radical (unpaired) electrons. The van der Waals surface area contributed by atoms with E-state index in [1.807, 2.05) is 13.0 Å². The largest absolute Gasteiger partial charge is 0.366 e. The molecule has 0 fully saturated rings. The summed E-state index contributed by atoms with van der Waals surface area (Å²) >= 11 is 0. The van der Waals surface area contributed by atoms with E-state index in [9.17, 15) is 8.78 Å². The Bertz CT molecular complexity index is 850. The first-order valence-electron chi connectivity index (χ1n) is 7.91. The molecule has 0 spiro atoms. The Kier molecular flexibility index (Phi) is 5.18. The minimum atomic E-state index is -0.266. The molecule has 4 nitrogen and oxygen atoms in total. The van der Waals surface area contributed by atoms with Gasteiger partial charge >= 0.3 is 0 Å². The molecular weight excluding hydrogens is 322 g/mol. The fraction of sp³-hybridized carbons (Fsp3) is 0.158. The molecule has 0 amide bonds. The van der Waals surface area contributed by atoms with Crippen molar-refractivity contribution in [1.29, 1.82) is 0 Å². The lowest BCUT2D eigenvalue weighted by molar-refractivity contribution is 0.612. The summed E-state index contributed by atoms with van der Waals surface area (Å²) in [6.07, 6.45) is 0. The number of aryl methyl sites for hydroxylation is 1. The van der Waals surface area contributed by atoms with Crippen molar-refractivity contribution in [2.75, 3.05) is 10.6 Å². The highest BCUT2D eigenvalue weighted by molar-refractivity contribution is 5.43. The van der Waals surface area contributed by atoms with Gasteiger partial charge < -0.3 is 10.6 Å². The summed E-state index contributed by atoms with van der Waals surface area (Å²) in [4.78, 5) is 8.69. The molecule has 0 aliphatic heterocycles. The van der Waals surface area contributed by atoms with E-state index in [1.165, 1.54) is 18.2 Å². The number of halogens is 2. The van der Waals surface area contributed by atoms with Crippen LogP contribution in [0.4, 0.5) is 20.5 Å². The van der Waals surface area contributed by atoms with Gasteiger partial charge in [-0.15, -0.1) is 0 Å². The van der Waals surface area contributed by atoms with Crippen LogP contribution in [0, 0.1) is 18.6 Å². The number of nitrogens with zero attached hydrogens (tertiary/aromatic N) is 2. The summed E-state index contributed by atoms with van der Waals surface area (Å²) in [6, 6.07) is 14.7. The van der Waals surface area contributed by atoms with Gasteiger partial charge in [0.25, 0.3) is 0 Å². The number of benzene rings is 2. The average Bonchev–Trinajstić information content (AvgIpc) is 2.60. The molecule has 25 heavy (non-hydrogen) atoms. The average molecular weight is 340 g/mol. The molecule has 2 N–H and O–H groups in total. The molecule has 0 saturated carbocycles. The van der Waals surface area contributed by atoms with Gasteiger partial charge in [0.2, 0.25) is 5.95 Å². The predicted molar refractivity (Wildman–Crippen MR) is 94.2 cm³/mol. The second-order valence-corrected chi connectivity index (χ2v) is 5.64. The smallest absolute Gasteiger partial charge is 0.225 e. The zero-order chi connectivity index (χ0) is 17.6. The standard InChI is InChI=1S/C19H18F2N4/c1-13-10-18(22-11-14-6-8-16(20)9-7-14)25-19(24-13)23-12-15-4-2-3-5-17(15)21/h2-10H,11-12H2,1H3,(H2,22,23,24,25). The normalized spacial score (nSPS) is 10.5. The minimum absolute atomic E-state index is 0.263. The van der Waals surface area contributed by atoms with Crippen molar-refractivity contribution < 1.29 is 8.78 Å². The second kappa shape index (κ2) is 7.70. The van der Waals surface area contributed by atoms with Crippen LogP contribution in [0.2, 0.25) is 0 Å². The van der Waals surface area contributed by atoms with E-state index >= 15 is 0 Å². The lowest BCUT2D eigenvalue weighted by atomic mass is 10.2. The zero-order valence-electron chi connectivity index (χ0n) is 13.8. The summed E-state index contributed by atoms with van der Waals surface area (Å²) in [6.45, 7) is 2.68. The molecule has 0 aliphatic rings. The molecule has 0 aliphatic carbocycles. The van der Waals surface area contributed by atoms with E-state index in [4.69, 9.17) is 0 Å². The highest BCUT2D eigenvalue weighted by atomic mass is 19.1. The fourth-order valence-electron chi connectivity index (χ4n) is 2.35. The van der Waals surface area contributed by atoms with Crippen LogP contribution in [0.3, 0.4) is 0 Å². The van der Waals surface area contributed by atoms with Gasteiger partial charge in [0.05, 0.1) is 0 Å². The molecule has 1 aromatic heterocycles. The van der Waals surface area contributed by atoms with Crippen LogP contribution >= 0.6 is 0 Å². The third-order valence-electron chi connectivity index (χ3n) is 3.64. The summed E-state index contributed by atoms with van der Waals surface area (Å²) < 4.78 is 26.6. The Morgan fingerprint density at radius 2 is 1.64 bits per heavy atom. The Balaban J connectivity index is 1.65. The van der Waals surface area contributed by atoms with Crippen molar-refractivity contribution in [2.45, 2.75) is 20.0 Å². The molecule has 0 atom stereocenters. The quantitative estimate of drug-likeness (QED) is 0.703. The number of hydrogen-bond donors (Lipinski definition) is 2. The van der Waals surface area contributed by atoms with E-state index in [2.05, 4.69) is 20.6 Å². The fourth-order valence-corrected chi connectivity index (χ4v) is 2.35. The van der Waals surface area contributed by atoms with Crippen LogP contribution in [0.1, 0.15) is 16.8 Å². The number of aromatic nitrogens is 2. The van der Waals surface area contributed by atoms with E-state index < -0.39 is 0 Å². The van der Waals surface area contributed by atoms with Gasteiger partial charge in [-0.25, -0.2) is 13.8 Å². The van der Waals surface area contributed by atoms with Crippen LogP contribution < -0.4 is 10.6 Å². The van der Waals surface area contributed by atoms with Gasteiger partial charge in [0.1, 0.15) is 17.5 Å². The highest BCUT2D eigenvalue weighted by Crippen LogP contribution is 2.13. The van der Waals surface area contributed by atoms with E-state index in [-0.39, 0.29) is 11.6 Å². The first-order valence-corrected chi connectivity index (χ1v) is 7.91. The van der Waals surface area contributed by atoms with E-state index in [0.29, 0.717) is 30.4 Å². The lowest BCUT2D eigenvalue weighted by Crippen LogP contribution is -2.08. The number of hydrogen-bond acceptors (Lipinski definition) is 4. The second-order valence-electron chi connectivity index (χ2n) is 5.64. The lowest BCUT2D eigenvalue weighted by Gasteiger charge is -2.10. The number of nitrogens with one attached hydrogen (secondary N) is 2. The van der Waals surface area contributed by atoms with Crippen LogP contribution in [-0.2, 0) is 13.1 Å². The topological polar surface area (TPSA) is 49.8 Å². The van der Waals surface area contributed by atoms with Crippen molar-refractivity contribution in [3.8, 4) is 0 Å². The van der Waals surface area contributed by atoms with E-state index in [0.717, 1.165) is 11.3 Å². The van der Waals surface area contributed by atoms with Crippen molar-refractivity contribution in [3.05, 3.63) is 83.1 Å². The van der Waals surface area contributed by atoms with Crippen LogP contribution in [0.5, 0.6) is 0 Å². The maximum atomic E-state index is 13.7. The third-order valence-corrected chi connectivity index (χ3v) is 3.64. The monoisotopic (exact) mass is 340 g/mol. The first-order chi connectivity index (χ1) is 12.1. The van der Waals surface area contributed by atoms with Gasteiger partial charge in [-0.3, -0.25) is 0 Å². The van der Waals surface area contributed by atoms with Gasteiger partial charge in [-0.2, -0.15) is 4.98 Å². The van der Waals surface area contributed by atoms with Crippen molar-refractivity contribution in [1.82, 2.24) is 9.97 Å². The van der Waals surface area contributed by atoms with Crippen molar-refractivity contribution in [3.63, 3.8) is 0 Å². The van der Waals surface area contributed by atoms with Gasteiger partial charge in [0.15, 0.2) is 0 Å². The highest BCUT2D eigenvalue weighted by Gasteiger charge is 2.05. The Labute approximate surface area is 145 Å². The molecule has 3 rings (SSSR count). The summed E-state index contributed by atoms with van der Waals surface area (Å²) in [5, 5.41) is 6.22. The molecule has 0 bridgehead atoms. The number of rotatable bonds is 6. The Morgan fingerprint density at radius 1 is 0.880 bits per heavy atom. The van der Waals surface area contributed by atoms with Gasteiger partial charge in [-0.1, -0.05) is 30.3 Å². The van der Waals surface area contributed by atoms with Crippen molar-refractivity contribution >= 4 is 11.8 Å². The zero-order valence-corrected chi connectivity index (χ0v) is 13.8. The van der Waals surface area contributed by atoms with Crippen LogP contribution in [-0.4, -0.2) is 9.97 Å². The van der Waals surface area contributed by atoms with Gasteiger partial charge in [0, 0.05) is 30.4 Å². The maximum Gasteiger partial charge on any atom is 0.225 e. The Hall–Kier alpha value is -3.02. The van der Waals surface area contributed by atoms with Crippen molar-refractivity contribution in [2.24, 2.45) is 0 Å². The Morgan fingerprint density at radius 3 is 2.40 bits per heavy atom. The third kappa shape index (κ3) is 4.73. The molecule has 128 valence electrons. The van der Waals surface area contributed by atoms with Gasteiger partial charge in [-0.05, 0) is 30.7 Å². The maximum absolute atomic E-state index is 13.7. The van der Waals surface area contributed by atoms with Crippen LogP contribution in [0.15, 0.2) is 54.6 Å². The first kappa shape index (κ1) is 16.8. The van der Waals surface area contributed by atoms with E-state index in [1.54, 1.807) is 30.3 Å². The summed E-state index contributed by atoms with van der Waals surface area (Å²) in [5.41, 5.74) is 2.28. The molecule has 2 aromatic carbocycles. The SMILES string of the molecule is Cc1cc(NCc2ccc(F)cc2)nc(NCc2ccccc2F)n1. The summed E-state index contributed by atoms with van der Waals surface area (Å²) in [7, 11) is 0. The minimum Gasteiger partial charge on any atom is -0.366 e. The molecular formula is C19H18F2N4. The number of anilines is 2. The summed E-state index contributed by atoms with van der Waals surface area (Å²) in [5.74, 6) is 0.538. The van der Waals surface area contributed by atoms with Crippen LogP contribution in [0.25, 0.3) is 0 Å². The molecule has 0 unspecified atom stereocenters. The predicted octanol–water partition coefficient (Wildman–Crippen LogP) is 4.29.